The monoisotopic (exact) mass is 561 g/mol. The molecule has 0 aliphatic carbocycles. The Morgan fingerprint density at radius 2 is 1.82 bits per heavy atom. The molecular weight excluding hydrogens is 523 g/mol. The molecule has 0 radical (unpaired) electrons. The zero-order valence-corrected chi connectivity index (χ0v) is 23.0. The number of aliphatic carboxylic acids is 1. The highest BCUT2D eigenvalue weighted by Gasteiger charge is 2.34. The van der Waals surface area contributed by atoms with E-state index in [9.17, 15) is 23.1 Å². The van der Waals surface area contributed by atoms with Crippen molar-refractivity contribution in [1.82, 2.24) is 9.88 Å². The number of hydrogen-bond donors (Lipinski definition) is 1. The van der Waals surface area contributed by atoms with Gasteiger partial charge in [-0.25, -0.2) is 4.98 Å². The van der Waals surface area contributed by atoms with Crippen LogP contribution in [0, 0.1) is 12.8 Å². The van der Waals surface area contributed by atoms with Crippen LogP contribution in [0.4, 0.5) is 18.9 Å². The molecule has 0 saturated carbocycles. The van der Waals surface area contributed by atoms with Crippen LogP contribution in [0.25, 0.3) is 0 Å². The second-order valence-electron chi connectivity index (χ2n) is 11.5. The first-order chi connectivity index (χ1) is 19.1. The fourth-order valence-corrected chi connectivity index (χ4v) is 6.32. The number of carboxylic acids is 1. The summed E-state index contributed by atoms with van der Waals surface area (Å²) in [6, 6.07) is 8.34. The number of fused-ring (bicyclic) bond motifs is 1. The summed E-state index contributed by atoms with van der Waals surface area (Å²) in [5.41, 5.74) is 4.50. The molecule has 0 spiro atoms. The molecule has 1 unspecified atom stereocenters. The Kier molecular flexibility index (Phi) is 8.73. The van der Waals surface area contributed by atoms with E-state index in [0.717, 1.165) is 44.3 Å². The number of ether oxygens (including phenoxy) is 2. The molecule has 3 aliphatic rings. The molecule has 1 atom stereocenters. The van der Waals surface area contributed by atoms with Crippen molar-refractivity contribution in [3.8, 4) is 11.6 Å². The Hall–Kier alpha value is -3.01. The lowest BCUT2D eigenvalue weighted by Gasteiger charge is -2.38. The third kappa shape index (κ3) is 7.19. The van der Waals surface area contributed by atoms with Crippen molar-refractivity contribution in [2.45, 2.75) is 63.5 Å². The molecule has 218 valence electrons. The fourth-order valence-electron chi connectivity index (χ4n) is 6.32. The van der Waals surface area contributed by atoms with Crippen molar-refractivity contribution < 1.29 is 32.5 Å². The zero-order chi connectivity index (χ0) is 28.3. The van der Waals surface area contributed by atoms with Crippen LogP contribution >= 0.6 is 0 Å². The summed E-state index contributed by atoms with van der Waals surface area (Å²) in [6.07, 6.45) is 1.61. The number of aryl methyl sites for hydroxylation is 1. The second kappa shape index (κ2) is 12.2. The van der Waals surface area contributed by atoms with Crippen LogP contribution in [0.3, 0.4) is 0 Å². The maximum Gasteiger partial charge on any atom is 0.401 e. The molecule has 2 saturated heterocycles. The van der Waals surface area contributed by atoms with E-state index in [4.69, 9.17) is 9.47 Å². The number of carbonyl (C=O) groups is 1. The summed E-state index contributed by atoms with van der Waals surface area (Å²) in [7, 11) is 0. The number of alkyl halides is 3. The predicted molar refractivity (Wildman–Crippen MR) is 145 cm³/mol. The van der Waals surface area contributed by atoms with Gasteiger partial charge in [-0.3, -0.25) is 9.69 Å². The summed E-state index contributed by atoms with van der Waals surface area (Å²) >= 11 is 0. The van der Waals surface area contributed by atoms with Gasteiger partial charge in [-0.15, -0.1) is 0 Å². The molecule has 10 heteroatoms. The predicted octanol–water partition coefficient (Wildman–Crippen LogP) is 5.77. The lowest BCUT2D eigenvalue weighted by Crippen LogP contribution is -2.40. The van der Waals surface area contributed by atoms with E-state index in [-0.39, 0.29) is 18.3 Å². The number of likely N-dealkylation sites (tertiary alicyclic amines) is 1. The van der Waals surface area contributed by atoms with Crippen molar-refractivity contribution in [2.75, 3.05) is 50.8 Å². The number of halogens is 3. The van der Waals surface area contributed by atoms with Gasteiger partial charge in [0.2, 0.25) is 5.88 Å². The van der Waals surface area contributed by atoms with Crippen LogP contribution in [-0.4, -0.2) is 73.1 Å². The van der Waals surface area contributed by atoms with Crippen LogP contribution in [0.15, 0.2) is 30.5 Å². The summed E-state index contributed by atoms with van der Waals surface area (Å²) in [5.74, 6) is 0.852. The molecule has 5 rings (SSSR count). The van der Waals surface area contributed by atoms with Gasteiger partial charge in [0.05, 0.1) is 32.4 Å². The van der Waals surface area contributed by atoms with Gasteiger partial charge in [0, 0.05) is 36.3 Å². The van der Waals surface area contributed by atoms with Gasteiger partial charge < -0.3 is 19.5 Å². The average Bonchev–Trinajstić information content (AvgIpc) is 2.92. The largest absolute Gasteiger partial charge is 0.492 e. The molecule has 2 fully saturated rings. The second-order valence-corrected chi connectivity index (χ2v) is 11.5. The number of pyridine rings is 1. The number of nitrogens with zero attached hydrogens (tertiary/aromatic N) is 3. The summed E-state index contributed by atoms with van der Waals surface area (Å²) < 4.78 is 50.2. The van der Waals surface area contributed by atoms with Gasteiger partial charge in [-0.05, 0) is 81.1 Å². The van der Waals surface area contributed by atoms with Gasteiger partial charge in [-0.1, -0.05) is 12.1 Å². The van der Waals surface area contributed by atoms with E-state index >= 15 is 0 Å². The third-order valence-electron chi connectivity index (χ3n) is 8.50. The van der Waals surface area contributed by atoms with Crippen molar-refractivity contribution in [2.24, 2.45) is 5.92 Å². The quantitative estimate of drug-likeness (QED) is 0.439. The van der Waals surface area contributed by atoms with Gasteiger partial charge in [0.15, 0.2) is 0 Å². The Morgan fingerprint density at radius 3 is 2.52 bits per heavy atom. The van der Waals surface area contributed by atoms with E-state index in [0.29, 0.717) is 50.3 Å². The van der Waals surface area contributed by atoms with E-state index in [1.807, 2.05) is 6.07 Å². The number of carboxylic acid groups (broad SMARTS) is 1. The molecule has 3 aliphatic heterocycles. The van der Waals surface area contributed by atoms with Crippen LogP contribution in [0.1, 0.15) is 67.1 Å². The number of anilines is 1. The van der Waals surface area contributed by atoms with Crippen molar-refractivity contribution in [3.63, 3.8) is 0 Å². The normalized spacial score (nSPS) is 21.1. The van der Waals surface area contributed by atoms with Crippen molar-refractivity contribution in [3.05, 3.63) is 47.2 Å². The number of hydrogen-bond acceptors (Lipinski definition) is 6. The molecule has 0 amide bonds. The molecule has 7 nitrogen and oxygen atoms in total. The highest BCUT2D eigenvalue weighted by atomic mass is 19.4. The first-order valence-electron chi connectivity index (χ1n) is 14.3. The minimum absolute atomic E-state index is 0.0614. The van der Waals surface area contributed by atoms with E-state index in [2.05, 4.69) is 35.0 Å². The first kappa shape index (κ1) is 28.5. The molecule has 1 aromatic carbocycles. The molecular formula is C30H38F3N3O4. The Balaban J connectivity index is 1.16. The lowest BCUT2D eigenvalue weighted by atomic mass is 9.86. The van der Waals surface area contributed by atoms with Crippen LogP contribution in [0.2, 0.25) is 0 Å². The summed E-state index contributed by atoms with van der Waals surface area (Å²) in [5, 5.41) is 9.26. The van der Waals surface area contributed by atoms with Crippen LogP contribution < -0.4 is 14.4 Å². The number of rotatable bonds is 8. The number of benzene rings is 1. The molecule has 40 heavy (non-hydrogen) atoms. The fraction of sp³-hybridized carbons (Fsp3) is 0.600. The summed E-state index contributed by atoms with van der Waals surface area (Å²) in [6.45, 7) is 5.01. The van der Waals surface area contributed by atoms with Crippen LogP contribution in [0.5, 0.6) is 11.6 Å². The van der Waals surface area contributed by atoms with Gasteiger partial charge in [0.1, 0.15) is 5.75 Å². The number of piperidine rings is 2. The topological polar surface area (TPSA) is 75.1 Å². The van der Waals surface area contributed by atoms with E-state index in [1.165, 1.54) is 21.7 Å². The van der Waals surface area contributed by atoms with Crippen molar-refractivity contribution in [1.29, 1.82) is 0 Å². The Labute approximate surface area is 233 Å². The van der Waals surface area contributed by atoms with Crippen LogP contribution in [-0.2, 0) is 4.79 Å². The molecule has 2 aromatic rings. The zero-order valence-electron chi connectivity index (χ0n) is 23.0. The molecule has 0 bridgehead atoms. The molecule has 4 heterocycles. The highest BCUT2D eigenvalue weighted by Crippen LogP contribution is 2.39. The maximum absolute atomic E-state index is 12.8. The minimum atomic E-state index is -4.15. The molecule has 1 N–H and O–H groups in total. The standard InChI is InChI=1S/C30H38F3N3O4/c1-20-2-3-24(22-6-9-35(10-7-22)19-30(31,32)33)26(14-20)36-11-4-21(5-12-36)18-40-28-16-25-23(15-29(37)38)8-13-39-27(25)17-34-28/h2-3,14,16-17,21-23H,4-13,15,18-19H2,1H3,(H,37,38). The van der Waals surface area contributed by atoms with Gasteiger partial charge in [0.25, 0.3) is 0 Å². The number of aromatic nitrogens is 1. The van der Waals surface area contributed by atoms with Gasteiger partial charge >= 0.3 is 12.1 Å². The average molecular weight is 562 g/mol. The van der Waals surface area contributed by atoms with E-state index < -0.39 is 18.7 Å². The van der Waals surface area contributed by atoms with E-state index in [1.54, 1.807) is 6.20 Å². The van der Waals surface area contributed by atoms with Gasteiger partial charge in [-0.2, -0.15) is 13.2 Å². The maximum atomic E-state index is 12.8. The Bertz CT molecular complexity index is 1180. The third-order valence-corrected chi connectivity index (χ3v) is 8.50. The lowest BCUT2D eigenvalue weighted by molar-refractivity contribution is -0.148. The minimum Gasteiger partial charge on any atom is -0.492 e. The smallest absolute Gasteiger partial charge is 0.401 e. The molecule has 1 aromatic heterocycles. The first-order valence-corrected chi connectivity index (χ1v) is 14.3. The Morgan fingerprint density at radius 1 is 1.07 bits per heavy atom. The highest BCUT2D eigenvalue weighted by molar-refractivity contribution is 5.68. The summed E-state index contributed by atoms with van der Waals surface area (Å²) in [4.78, 5) is 19.6. The SMILES string of the molecule is Cc1ccc(C2CCN(CC(F)(F)F)CC2)c(N2CCC(COc3cc4c(cn3)OCCC4CC(=O)O)CC2)c1. The van der Waals surface area contributed by atoms with Crippen molar-refractivity contribution >= 4 is 11.7 Å².